The zero-order valence-corrected chi connectivity index (χ0v) is 11.4. The van der Waals surface area contributed by atoms with E-state index in [1.807, 2.05) is 32.2 Å². The fourth-order valence-corrected chi connectivity index (χ4v) is 2.80. The third-order valence-corrected chi connectivity index (χ3v) is 3.63. The zero-order valence-electron chi connectivity index (χ0n) is 10.6. The van der Waals surface area contributed by atoms with Crippen LogP contribution in [0.3, 0.4) is 0 Å². The Morgan fingerprint density at radius 2 is 2.06 bits per heavy atom. The van der Waals surface area contributed by atoms with Crippen LogP contribution in [-0.2, 0) is 0 Å². The minimum Gasteiger partial charge on any atom is -0.375 e. The average Bonchev–Trinajstić information content (AvgIpc) is 2.61. The summed E-state index contributed by atoms with van der Waals surface area (Å²) in [4.78, 5) is 10.1. The lowest BCUT2D eigenvalue weighted by molar-refractivity contribution is 0.833. The van der Waals surface area contributed by atoms with E-state index in [9.17, 15) is 0 Å². The van der Waals surface area contributed by atoms with Gasteiger partial charge in [0.05, 0.1) is 28.1 Å². The standard InChI is InChI=1S/C13H17N3S/c1-8-12(6-5-7-14-8)15-9(2)13-10(3)17-11(4)16-13/h5-7,9,15H,1-4H3. The van der Waals surface area contributed by atoms with Gasteiger partial charge in [0.1, 0.15) is 0 Å². The first kappa shape index (κ1) is 12.0. The van der Waals surface area contributed by atoms with Gasteiger partial charge in [-0.2, -0.15) is 0 Å². The average molecular weight is 247 g/mol. The Morgan fingerprint density at radius 3 is 2.65 bits per heavy atom. The molecule has 0 aliphatic rings. The third-order valence-electron chi connectivity index (χ3n) is 2.73. The molecule has 4 heteroatoms. The molecule has 0 aliphatic carbocycles. The zero-order chi connectivity index (χ0) is 12.4. The van der Waals surface area contributed by atoms with Gasteiger partial charge < -0.3 is 5.32 Å². The van der Waals surface area contributed by atoms with E-state index in [0.717, 1.165) is 22.1 Å². The van der Waals surface area contributed by atoms with Crippen molar-refractivity contribution >= 4 is 17.0 Å². The van der Waals surface area contributed by atoms with Gasteiger partial charge in [-0.1, -0.05) is 0 Å². The largest absolute Gasteiger partial charge is 0.375 e. The lowest BCUT2D eigenvalue weighted by atomic mass is 10.2. The number of rotatable bonds is 3. The number of thiazole rings is 1. The summed E-state index contributed by atoms with van der Waals surface area (Å²) >= 11 is 1.75. The summed E-state index contributed by atoms with van der Waals surface area (Å²) in [6, 6.07) is 4.21. The number of nitrogens with zero attached hydrogens (tertiary/aromatic N) is 2. The Bertz CT molecular complexity index is 519. The highest BCUT2D eigenvalue weighted by atomic mass is 32.1. The maximum atomic E-state index is 4.57. The van der Waals surface area contributed by atoms with Crippen LogP contribution in [0.15, 0.2) is 18.3 Å². The van der Waals surface area contributed by atoms with Gasteiger partial charge in [-0.3, -0.25) is 4.98 Å². The number of hydrogen-bond donors (Lipinski definition) is 1. The molecule has 0 radical (unpaired) electrons. The summed E-state index contributed by atoms with van der Waals surface area (Å²) in [5.74, 6) is 0. The van der Waals surface area contributed by atoms with Crippen molar-refractivity contribution in [1.82, 2.24) is 9.97 Å². The Morgan fingerprint density at radius 1 is 1.29 bits per heavy atom. The van der Waals surface area contributed by atoms with E-state index in [1.165, 1.54) is 4.88 Å². The summed E-state index contributed by atoms with van der Waals surface area (Å²) < 4.78 is 0. The number of aromatic nitrogens is 2. The Balaban J connectivity index is 2.20. The van der Waals surface area contributed by atoms with Gasteiger partial charge in [-0.25, -0.2) is 4.98 Å². The van der Waals surface area contributed by atoms with Gasteiger partial charge in [-0.15, -0.1) is 11.3 Å². The molecule has 17 heavy (non-hydrogen) atoms. The molecular formula is C13H17N3S. The molecule has 2 rings (SSSR count). The van der Waals surface area contributed by atoms with Crippen LogP contribution in [0.2, 0.25) is 0 Å². The van der Waals surface area contributed by atoms with Gasteiger partial charge >= 0.3 is 0 Å². The molecule has 2 aromatic rings. The highest BCUT2D eigenvalue weighted by molar-refractivity contribution is 7.11. The molecule has 3 nitrogen and oxygen atoms in total. The lowest BCUT2D eigenvalue weighted by Crippen LogP contribution is -2.09. The smallest absolute Gasteiger partial charge is 0.0901 e. The molecule has 0 bridgehead atoms. The quantitative estimate of drug-likeness (QED) is 0.900. The number of aryl methyl sites for hydroxylation is 3. The molecule has 90 valence electrons. The molecule has 0 amide bonds. The van der Waals surface area contributed by atoms with Crippen LogP contribution in [0.4, 0.5) is 5.69 Å². The third kappa shape index (κ3) is 2.64. The van der Waals surface area contributed by atoms with Crippen molar-refractivity contribution < 1.29 is 0 Å². The molecule has 0 spiro atoms. The summed E-state index contributed by atoms with van der Waals surface area (Å²) in [5.41, 5.74) is 3.23. The lowest BCUT2D eigenvalue weighted by Gasteiger charge is -2.15. The second kappa shape index (κ2) is 4.84. The fourth-order valence-electron chi connectivity index (χ4n) is 1.89. The predicted octanol–water partition coefficient (Wildman–Crippen LogP) is 3.64. The molecule has 1 N–H and O–H groups in total. The van der Waals surface area contributed by atoms with Crippen LogP contribution in [0, 0.1) is 20.8 Å². The second-order valence-corrected chi connectivity index (χ2v) is 5.58. The summed E-state index contributed by atoms with van der Waals surface area (Å²) in [7, 11) is 0. The van der Waals surface area contributed by atoms with Crippen molar-refractivity contribution in [2.45, 2.75) is 33.7 Å². The van der Waals surface area contributed by atoms with E-state index in [0.29, 0.717) is 0 Å². The first-order chi connectivity index (χ1) is 8.08. The first-order valence-electron chi connectivity index (χ1n) is 5.70. The Hall–Kier alpha value is -1.42. The van der Waals surface area contributed by atoms with Gasteiger partial charge in [0, 0.05) is 11.1 Å². The number of anilines is 1. The molecule has 1 atom stereocenters. The topological polar surface area (TPSA) is 37.8 Å². The number of pyridine rings is 1. The second-order valence-electron chi connectivity index (χ2n) is 4.18. The number of hydrogen-bond acceptors (Lipinski definition) is 4. The van der Waals surface area contributed by atoms with Crippen molar-refractivity contribution in [1.29, 1.82) is 0 Å². The highest BCUT2D eigenvalue weighted by Gasteiger charge is 2.13. The van der Waals surface area contributed by atoms with Gasteiger partial charge in [0.2, 0.25) is 0 Å². The first-order valence-corrected chi connectivity index (χ1v) is 6.51. The van der Waals surface area contributed by atoms with E-state index in [2.05, 4.69) is 29.1 Å². The molecular weight excluding hydrogens is 230 g/mol. The molecule has 0 fully saturated rings. The van der Waals surface area contributed by atoms with Crippen LogP contribution < -0.4 is 5.32 Å². The Labute approximate surface area is 106 Å². The molecule has 0 aliphatic heterocycles. The normalized spacial score (nSPS) is 12.5. The van der Waals surface area contributed by atoms with E-state index in [1.54, 1.807) is 11.3 Å². The molecule has 1 unspecified atom stereocenters. The summed E-state index contributed by atoms with van der Waals surface area (Å²) in [6.07, 6.45) is 1.81. The van der Waals surface area contributed by atoms with Crippen LogP contribution in [0.1, 0.15) is 34.2 Å². The van der Waals surface area contributed by atoms with Gasteiger partial charge in [-0.05, 0) is 39.8 Å². The molecule has 2 heterocycles. The van der Waals surface area contributed by atoms with Crippen LogP contribution >= 0.6 is 11.3 Å². The minimum absolute atomic E-state index is 0.211. The van der Waals surface area contributed by atoms with Gasteiger partial charge in [0.25, 0.3) is 0 Å². The maximum absolute atomic E-state index is 4.57. The van der Waals surface area contributed by atoms with Crippen molar-refractivity contribution in [2.24, 2.45) is 0 Å². The minimum atomic E-state index is 0.211. The Kier molecular flexibility index (Phi) is 3.43. The highest BCUT2D eigenvalue weighted by Crippen LogP contribution is 2.26. The van der Waals surface area contributed by atoms with Crippen LogP contribution in [0.25, 0.3) is 0 Å². The predicted molar refractivity (Wildman–Crippen MR) is 72.6 cm³/mol. The van der Waals surface area contributed by atoms with Crippen molar-refractivity contribution in [3.63, 3.8) is 0 Å². The van der Waals surface area contributed by atoms with Crippen molar-refractivity contribution in [3.8, 4) is 0 Å². The molecule has 2 aromatic heterocycles. The van der Waals surface area contributed by atoms with E-state index in [4.69, 9.17) is 0 Å². The summed E-state index contributed by atoms with van der Waals surface area (Å²) in [5, 5.41) is 4.58. The SMILES string of the molecule is Cc1nc(C(C)Nc2cccnc2C)c(C)s1. The monoisotopic (exact) mass is 247 g/mol. The van der Waals surface area contributed by atoms with Crippen LogP contribution in [-0.4, -0.2) is 9.97 Å². The molecule has 0 saturated carbocycles. The fraction of sp³-hybridized carbons (Fsp3) is 0.385. The summed E-state index contributed by atoms with van der Waals surface area (Å²) in [6.45, 7) is 8.31. The van der Waals surface area contributed by atoms with Crippen molar-refractivity contribution in [2.75, 3.05) is 5.32 Å². The number of nitrogens with one attached hydrogen (secondary N) is 1. The van der Waals surface area contributed by atoms with Crippen molar-refractivity contribution in [3.05, 3.63) is 39.6 Å². The van der Waals surface area contributed by atoms with E-state index < -0.39 is 0 Å². The molecule has 0 aromatic carbocycles. The maximum Gasteiger partial charge on any atom is 0.0901 e. The molecule has 0 saturated heterocycles. The van der Waals surface area contributed by atoms with Gasteiger partial charge in [0.15, 0.2) is 0 Å². The van der Waals surface area contributed by atoms with E-state index >= 15 is 0 Å². The van der Waals surface area contributed by atoms with E-state index in [-0.39, 0.29) is 6.04 Å². The van der Waals surface area contributed by atoms with Crippen LogP contribution in [0.5, 0.6) is 0 Å².